The summed E-state index contributed by atoms with van der Waals surface area (Å²) in [6, 6.07) is 2.93. The van der Waals surface area contributed by atoms with E-state index in [2.05, 4.69) is 30.2 Å². The normalized spacial score (nSPS) is 14.5. The summed E-state index contributed by atoms with van der Waals surface area (Å²) in [4.78, 5) is 40.6. The molecule has 4 heterocycles. The Kier molecular flexibility index (Phi) is 6.55. The number of nitrogens with two attached hydrogens (primary N) is 1. The molecule has 0 aromatic carbocycles. The van der Waals surface area contributed by atoms with Crippen LogP contribution in [0.3, 0.4) is 0 Å². The Morgan fingerprint density at radius 1 is 1.13 bits per heavy atom. The van der Waals surface area contributed by atoms with E-state index < -0.39 is 9.84 Å². The number of nitrogens with zero attached hydrogens (tertiary/aromatic N) is 7. The van der Waals surface area contributed by atoms with Gasteiger partial charge in [-0.1, -0.05) is 6.92 Å². The number of aryl methyl sites for hydroxylation is 1. The number of nitrogen functional groups attached to an aromatic ring is 1. The molecule has 0 bridgehead atoms. The van der Waals surface area contributed by atoms with Gasteiger partial charge in [-0.3, -0.25) is 14.3 Å². The largest absolute Gasteiger partial charge is 0.368 e. The number of nitrogens with one attached hydrogen (secondary N) is 1. The van der Waals surface area contributed by atoms with E-state index in [-0.39, 0.29) is 34.8 Å². The number of rotatable bonds is 8. The van der Waals surface area contributed by atoms with E-state index in [9.17, 15) is 13.2 Å². The highest BCUT2D eigenvalue weighted by molar-refractivity contribution is 7.90. The van der Waals surface area contributed by atoms with Crippen molar-refractivity contribution in [1.29, 1.82) is 0 Å². The third kappa shape index (κ3) is 4.93. The summed E-state index contributed by atoms with van der Waals surface area (Å²) in [5.74, 6) is 1.10. The fourth-order valence-electron chi connectivity index (χ4n) is 4.28. The molecule has 12 nitrogen and oxygen atoms in total. The first-order chi connectivity index (χ1) is 18.1. The fourth-order valence-corrected chi connectivity index (χ4v) is 4.84. The van der Waals surface area contributed by atoms with Gasteiger partial charge in [0.15, 0.2) is 27.1 Å². The summed E-state index contributed by atoms with van der Waals surface area (Å²) in [7, 11) is -3.35. The average molecular weight is 536 g/mol. The quantitative estimate of drug-likeness (QED) is 0.340. The molecule has 13 heteroatoms. The Morgan fingerprint density at radius 2 is 1.89 bits per heavy atom. The van der Waals surface area contributed by atoms with Crippen LogP contribution in [-0.2, 0) is 16.4 Å². The molecule has 0 amide bonds. The van der Waals surface area contributed by atoms with Crippen LogP contribution in [0.5, 0.6) is 0 Å². The molecule has 1 fully saturated rings. The second-order valence-electron chi connectivity index (χ2n) is 9.61. The first kappa shape index (κ1) is 25.6. The third-order valence-electron chi connectivity index (χ3n) is 6.65. The lowest BCUT2D eigenvalue weighted by Gasteiger charge is -2.18. The maximum Gasteiger partial charge on any atom is 0.295 e. The first-order valence-electron chi connectivity index (χ1n) is 12.4. The molecule has 0 saturated heterocycles. The van der Waals surface area contributed by atoms with Crippen LogP contribution < -0.4 is 16.6 Å². The second-order valence-corrected chi connectivity index (χ2v) is 11.6. The zero-order chi connectivity index (χ0) is 27.2. The maximum absolute atomic E-state index is 13.6. The third-order valence-corrected chi connectivity index (χ3v) is 7.75. The molecule has 198 valence electrons. The predicted molar refractivity (Wildman–Crippen MR) is 143 cm³/mol. The van der Waals surface area contributed by atoms with Gasteiger partial charge >= 0.3 is 0 Å². The molecule has 0 aliphatic heterocycles. The van der Waals surface area contributed by atoms with E-state index in [0.717, 1.165) is 30.4 Å². The van der Waals surface area contributed by atoms with Crippen LogP contribution in [0, 0.1) is 6.92 Å². The molecule has 0 spiro atoms. The van der Waals surface area contributed by atoms with Gasteiger partial charge in [0, 0.05) is 24.4 Å². The van der Waals surface area contributed by atoms with Crippen LogP contribution in [-0.4, -0.2) is 49.1 Å². The average Bonchev–Trinajstić information content (AvgIpc) is 3.72. The van der Waals surface area contributed by atoms with E-state index in [1.807, 2.05) is 20.8 Å². The van der Waals surface area contributed by atoms with Crippen molar-refractivity contribution in [2.75, 3.05) is 17.3 Å². The molecule has 4 aromatic heterocycles. The molecule has 1 unspecified atom stereocenters. The minimum atomic E-state index is -3.35. The van der Waals surface area contributed by atoms with Crippen molar-refractivity contribution >= 4 is 32.8 Å². The van der Waals surface area contributed by atoms with E-state index in [1.165, 1.54) is 12.3 Å². The number of pyridine rings is 1. The van der Waals surface area contributed by atoms with Gasteiger partial charge in [0.2, 0.25) is 5.95 Å². The Hall–Kier alpha value is -4.00. The topological polar surface area (TPSA) is 172 Å². The van der Waals surface area contributed by atoms with Crippen LogP contribution in [0.2, 0.25) is 0 Å². The molecule has 5 rings (SSSR count). The Balaban J connectivity index is 1.56. The molecule has 4 aromatic rings. The van der Waals surface area contributed by atoms with Crippen LogP contribution in [0.15, 0.2) is 34.2 Å². The summed E-state index contributed by atoms with van der Waals surface area (Å²) in [6.07, 6.45) is 6.77. The second kappa shape index (κ2) is 9.71. The van der Waals surface area contributed by atoms with Crippen molar-refractivity contribution in [3.63, 3.8) is 0 Å². The first-order valence-corrected chi connectivity index (χ1v) is 14.3. The summed E-state index contributed by atoms with van der Waals surface area (Å²) in [5.41, 5.74) is 9.32. The van der Waals surface area contributed by atoms with Crippen molar-refractivity contribution in [1.82, 2.24) is 34.5 Å². The highest BCUT2D eigenvalue weighted by Gasteiger charge is 2.31. The smallest absolute Gasteiger partial charge is 0.295 e. The minimum absolute atomic E-state index is 0.128. The molecular weight excluding hydrogens is 506 g/mol. The molecule has 1 aliphatic carbocycles. The molecular formula is C25H29N9O3S. The Bertz CT molecular complexity index is 1700. The molecule has 1 aliphatic rings. The van der Waals surface area contributed by atoms with E-state index in [4.69, 9.17) is 10.7 Å². The molecule has 3 N–H and O–H groups in total. The van der Waals surface area contributed by atoms with Crippen LogP contribution >= 0.6 is 0 Å². The van der Waals surface area contributed by atoms with Gasteiger partial charge in [-0.25, -0.2) is 33.3 Å². The number of hydrogen-bond acceptors (Lipinski definition) is 11. The monoisotopic (exact) mass is 535 g/mol. The van der Waals surface area contributed by atoms with Crippen molar-refractivity contribution in [2.24, 2.45) is 0 Å². The van der Waals surface area contributed by atoms with Gasteiger partial charge in [0.05, 0.1) is 40.3 Å². The zero-order valence-electron chi connectivity index (χ0n) is 21.6. The summed E-state index contributed by atoms with van der Waals surface area (Å²) in [6.45, 7) is 5.99. The molecule has 0 radical (unpaired) electrons. The van der Waals surface area contributed by atoms with E-state index in [0.29, 0.717) is 40.7 Å². The van der Waals surface area contributed by atoms with Gasteiger partial charge in [-0.2, -0.15) is 0 Å². The van der Waals surface area contributed by atoms with E-state index in [1.54, 1.807) is 16.8 Å². The minimum Gasteiger partial charge on any atom is -0.368 e. The molecule has 38 heavy (non-hydrogen) atoms. The highest BCUT2D eigenvalue weighted by Crippen LogP contribution is 2.43. The highest BCUT2D eigenvalue weighted by atomic mass is 32.2. The number of fused-ring (bicyclic) bond motifs is 1. The lowest BCUT2D eigenvalue weighted by Crippen LogP contribution is -2.28. The SMILES string of the molecule is CCC(C)n1c(=O)c(NCc2ccc(S(C)(=O)=O)cn2)nc2cnc(-c3c(C)nc(N)nc3C3CC3)nc21. The van der Waals surface area contributed by atoms with Crippen LogP contribution in [0.1, 0.15) is 62.2 Å². The predicted octanol–water partition coefficient (Wildman–Crippen LogP) is 2.79. The van der Waals surface area contributed by atoms with Crippen molar-refractivity contribution in [2.45, 2.75) is 63.4 Å². The Labute approximate surface area is 219 Å². The standard InChI is InChI=1S/C25H29N9O3S/c1-5-13(2)34-23-18(12-29-21(33-23)19-14(3)30-25(26)32-20(19)15-6-7-15)31-22(24(34)35)28-10-16-8-9-17(11-27-16)38(4,36)37/h8-9,11-13,15H,5-7,10H2,1-4H3,(H,28,31)(H2,26,30,32). The van der Waals surface area contributed by atoms with Crippen molar-refractivity contribution in [3.8, 4) is 11.4 Å². The lowest BCUT2D eigenvalue weighted by molar-refractivity contribution is 0.526. The molecule has 1 saturated carbocycles. The Morgan fingerprint density at radius 3 is 2.53 bits per heavy atom. The summed E-state index contributed by atoms with van der Waals surface area (Å²) < 4.78 is 25.0. The van der Waals surface area contributed by atoms with Gasteiger partial charge < -0.3 is 11.1 Å². The van der Waals surface area contributed by atoms with Gasteiger partial charge in [0.25, 0.3) is 5.56 Å². The number of sulfone groups is 1. The van der Waals surface area contributed by atoms with Crippen LogP contribution in [0.25, 0.3) is 22.6 Å². The van der Waals surface area contributed by atoms with Crippen LogP contribution in [0.4, 0.5) is 11.8 Å². The van der Waals surface area contributed by atoms with Gasteiger partial charge in [-0.15, -0.1) is 0 Å². The number of aromatic nitrogens is 7. The zero-order valence-corrected chi connectivity index (χ0v) is 22.4. The number of anilines is 2. The molecule has 1 atom stereocenters. The lowest BCUT2D eigenvalue weighted by atomic mass is 10.1. The van der Waals surface area contributed by atoms with E-state index >= 15 is 0 Å². The van der Waals surface area contributed by atoms with Crippen molar-refractivity contribution < 1.29 is 8.42 Å². The fraction of sp³-hybridized carbons (Fsp3) is 0.400. The van der Waals surface area contributed by atoms with Gasteiger partial charge in [-0.05, 0) is 45.2 Å². The summed E-state index contributed by atoms with van der Waals surface area (Å²) in [5, 5.41) is 3.05. The van der Waals surface area contributed by atoms with Gasteiger partial charge in [0.1, 0.15) is 5.52 Å². The number of hydrogen-bond donors (Lipinski definition) is 2. The summed E-state index contributed by atoms with van der Waals surface area (Å²) >= 11 is 0. The maximum atomic E-state index is 13.6. The van der Waals surface area contributed by atoms with Crippen molar-refractivity contribution in [3.05, 3.63) is 52.0 Å².